The number of ether oxygens (including phenoxy) is 5. The highest BCUT2D eigenvalue weighted by atomic mass is 16.5. The maximum Gasteiger partial charge on any atom is 0.343 e. The third kappa shape index (κ3) is 6.88. The lowest BCUT2D eigenvalue weighted by Gasteiger charge is -2.40. The molecule has 0 saturated carbocycles. The fraction of sp³-hybridized carbons (Fsp3) is 0.419. The molecule has 8 heteroatoms. The molecule has 0 amide bonds. The highest BCUT2D eigenvalue weighted by molar-refractivity contribution is 6.03. The van der Waals surface area contributed by atoms with Gasteiger partial charge < -0.3 is 34.2 Å². The minimum Gasteiger partial charge on any atom is -0.507 e. The first-order valence-corrected chi connectivity index (χ1v) is 13.4. The highest BCUT2D eigenvalue weighted by Gasteiger charge is 2.36. The Labute approximate surface area is 229 Å². The van der Waals surface area contributed by atoms with Crippen LogP contribution in [0.25, 0.3) is 10.8 Å². The second-order valence-corrected chi connectivity index (χ2v) is 9.92. The second kappa shape index (κ2) is 13.4. The van der Waals surface area contributed by atoms with Gasteiger partial charge in [0.25, 0.3) is 0 Å². The zero-order chi connectivity index (χ0) is 27.7. The first-order chi connectivity index (χ1) is 19.0. The van der Waals surface area contributed by atoms with Gasteiger partial charge in [0.05, 0.1) is 39.1 Å². The largest absolute Gasteiger partial charge is 0.507 e. The predicted octanol–water partition coefficient (Wildman–Crippen LogP) is 6.15. The summed E-state index contributed by atoms with van der Waals surface area (Å²) in [5, 5.41) is 19.0. The van der Waals surface area contributed by atoms with Crippen LogP contribution in [0.2, 0.25) is 0 Å². The van der Waals surface area contributed by atoms with Gasteiger partial charge in [-0.25, -0.2) is 4.79 Å². The maximum absolute atomic E-state index is 13.0. The predicted molar refractivity (Wildman–Crippen MR) is 150 cm³/mol. The number of nitrogens with one attached hydrogen (secondary N) is 1. The quantitative estimate of drug-likeness (QED) is 0.104. The Morgan fingerprint density at radius 1 is 1.03 bits per heavy atom. The SMILES string of the molecule is CCC1(COCCCCCCOc2ccc(C(=O)Oc3c(C=N)cc(O)c4ccccc34)cc2OC)COC1. The van der Waals surface area contributed by atoms with Crippen LogP contribution in [-0.2, 0) is 9.47 Å². The van der Waals surface area contributed by atoms with E-state index in [4.69, 9.17) is 29.1 Å². The number of unbranched alkanes of at least 4 members (excludes halogenated alkanes) is 3. The molecule has 8 nitrogen and oxygen atoms in total. The molecule has 3 aromatic carbocycles. The van der Waals surface area contributed by atoms with E-state index in [9.17, 15) is 9.90 Å². The Bertz CT molecular complexity index is 1280. The molecule has 0 spiro atoms. The number of fused-ring (bicyclic) bond motifs is 1. The molecule has 3 aromatic rings. The van der Waals surface area contributed by atoms with Crippen molar-refractivity contribution in [3.63, 3.8) is 0 Å². The Morgan fingerprint density at radius 3 is 2.44 bits per heavy atom. The molecule has 0 unspecified atom stereocenters. The molecule has 1 aliphatic heterocycles. The van der Waals surface area contributed by atoms with Crippen LogP contribution in [0.1, 0.15) is 54.9 Å². The molecule has 1 heterocycles. The molecule has 0 radical (unpaired) electrons. The smallest absolute Gasteiger partial charge is 0.343 e. The Balaban J connectivity index is 1.26. The van der Waals surface area contributed by atoms with E-state index in [1.165, 1.54) is 13.2 Å². The van der Waals surface area contributed by atoms with Crippen LogP contribution >= 0.6 is 0 Å². The summed E-state index contributed by atoms with van der Waals surface area (Å²) in [5.74, 6) is 0.626. The number of hydrogen-bond donors (Lipinski definition) is 2. The van der Waals surface area contributed by atoms with Crippen LogP contribution in [-0.4, -0.2) is 57.4 Å². The van der Waals surface area contributed by atoms with Gasteiger partial charge >= 0.3 is 5.97 Å². The van der Waals surface area contributed by atoms with E-state index in [1.807, 2.05) is 0 Å². The van der Waals surface area contributed by atoms with Crippen molar-refractivity contribution in [3.8, 4) is 23.0 Å². The topological polar surface area (TPSA) is 107 Å². The lowest BCUT2D eigenvalue weighted by Crippen LogP contribution is -2.45. The van der Waals surface area contributed by atoms with Gasteiger partial charge in [0, 0.05) is 34.6 Å². The molecular weight excluding hydrogens is 498 g/mol. The third-order valence-electron chi connectivity index (χ3n) is 7.17. The lowest BCUT2D eigenvalue weighted by molar-refractivity contribution is -0.150. The molecule has 2 N–H and O–H groups in total. The van der Waals surface area contributed by atoms with Crippen LogP contribution in [0.3, 0.4) is 0 Å². The van der Waals surface area contributed by atoms with Gasteiger partial charge in [-0.05, 0) is 49.9 Å². The first-order valence-electron chi connectivity index (χ1n) is 13.4. The number of benzene rings is 3. The average Bonchev–Trinajstić information content (AvgIpc) is 2.94. The summed E-state index contributed by atoms with van der Waals surface area (Å²) < 4.78 is 28.3. The van der Waals surface area contributed by atoms with Crippen LogP contribution < -0.4 is 14.2 Å². The molecule has 0 aromatic heterocycles. The minimum absolute atomic E-state index is 0.0183. The van der Waals surface area contributed by atoms with Crippen LogP contribution in [0.4, 0.5) is 0 Å². The molecule has 1 saturated heterocycles. The van der Waals surface area contributed by atoms with Crippen molar-refractivity contribution in [1.82, 2.24) is 0 Å². The lowest BCUT2D eigenvalue weighted by atomic mass is 9.84. The van der Waals surface area contributed by atoms with E-state index < -0.39 is 5.97 Å². The van der Waals surface area contributed by atoms with Crippen molar-refractivity contribution < 1.29 is 33.6 Å². The number of rotatable bonds is 15. The number of carbonyl (C=O) groups excluding carboxylic acids is 1. The summed E-state index contributed by atoms with van der Waals surface area (Å²) in [5.41, 5.74) is 0.823. The van der Waals surface area contributed by atoms with E-state index in [0.29, 0.717) is 34.4 Å². The molecule has 0 bridgehead atoms. The standard InChI is InChI=1S/C31H37NO7/c1-3-31(20-37-21-31)19-36-14-8-4-5-9-15-38-27-13-12-22(17-28(27)35-2)30(34)39-29-23(18-32)16-26(33)24-10-6-7-11-25(24)29/h6-7,10-13,16-18,32-33H,3-5,8-9,14-15,19-21H2,1-2H3. The molecule has 208 valence electrons. The molecule has 0 aliphatic carbocycles. The van der Waals surface area contributed by atoms with Crippen molar-refractivity contribution >= 4 is 23.0 Å². The fourth-order valence-corrected chi connectivity index (χ4v) is 4.55. The van der Waals surface area contributed by atoms with Gasteiger partial charge in [0.15, 0.2) is 11.5 Å². The number of aromatic hydroxyl groups is 1. The van der Waals surface area contributed by atoms with Crippen molar-refractivity contribution in [1.29, 1.82) is 5.41 Å². The van der Waals surface area contributed by atoms with Crippen molar-refractivity contribution in [2.45, 2.75) is 39.0 Å². The fourth-order valence-electron chi connectivity index (χ4n) is 4.55. The number of esters is 1. The van der Waals surface area contributed by atoms with E-state index in [1.54, 1.807) is 42.5 Å². The van der Waals surface area contributed by atoms with Crippen LogP contribution in [0.5, 0.6) is 23.0 Å². The summed E-state index contributed by atoms with van der Waals surface area (Å²) in [6.07, 6.45) is 6.18. The van der Waals surface area contributed by atoms with Crippen LogP contribution in [0.15, 0.2) is 48.5 Å². The average molecular weight is 536 g/mol. The first kappa shape index (κ1) is 28.4. The van der Waals surface area contributed by atoms with Crippen molar-refractivity contribution in [2.75, 3.05) is 40.1 Å². The third-order valence-corrected chi connectivity index (χ3v) is 7.17. The molecule has 1 fully saturated rings. The Morgan fingerprint density at radius 2 is 1.77 bits per heavy atom. The van der Waals surface area contributed by atoms with Gasteiger partial charge in [-0.2, -0.15) is 0 Å². The maximum atomic E-state index is 13.0. The number of hydrogen-bond acceptors (Lipinski definition) is 8. The molecule has 4 rings (SSSR count). The molecular formula is C31H37NO7. The van der Waals surface area contributed by atoms with Gasteiger partial charge in [0.2, 0.25) is 0 Å². The Kier molecular flexibility index (Phi) is 9.79. The van der Waals surface area contributed by atoms with E-state index in [-0.39, 0.29) is 22.5 Å². The van der Waals surface area contributed by atoms with E-state index in [0.717, 1.165) is 64.7 Å². The van der Waals surface area contributed by atoms with E-state index >= 15 is 0 Å². The summed E-state index contributed by atoms with van der Waals surface area (Å²) in [6.45, 7) is 5.91. The summed E-state index contributed by atoms with van der Waals surface area (Å²) in [7, 11) is 1.52. The molecule has 0 atom stereocenters. The zero-order valence-corrected chi connectivity index (χ0v) is 22.7. The normalized spacial score (nSPS) is 14.0. The summed E-state index contributed by atoms with van der Waals surface area (Å²) >= 11 is 0. The number of phenols is 1. The number of methoxy groups -OCH3 is 1. The summed E-state index contributed by atoms with van der Waals surface area (Å²) in [4.78, 5) is 13.0. The minimum atomic E-state index is -0.601. The molecule has 1 aliphatic rings. The highest BCUT2D eigenvalue weighted by Crippen LogP contribution is 2.36. The summed E-state index contributed by atoms with van der Waals surface area (Å²) in [6, 6.07) is 13.3. The zero-order valence-electron chi connectivity index (χ0n) is 22.7. The van der Waals surface area contributed by atoms with Crippen LogP contribution in [0, 0.1) is 10.8 Å². The van der Waals surface area contributed by atoms with E-state index in [2.05, 4.69) is 6.92 Å². The van der Waals surface area contributed by atoms with Crippen molar-refractivity contribution in [2.24, 2.45) is 5.41 Å². The van der Waals surface area contributed by atoms with Gasteiger partial charge in [0.1, 0.15) is 11.5 Å². The van der Waals surface area contributed by atoms with Gasteiger partial charge in [-0.15, -0.1) is 0 Å². The number of carbonyl (C=O) groups is 1. The second-order valence-electron chi connectivity index (χ2n) is 9.92. The molecule has 39 heavy (non-hydrogen) atoms. The van der Waals surface area contributed by atoms with Gasteiger partial charge in [-0.1, -0.05) is 37.6 Å². The monoisotopic (exact) mass is 535 g/mol. The van der Waals surface area contributed by atoms with Crippen molar-refractivity contribution in [3.05, 3.63) is 59.7 Å². The number of phenolic OH excluding ortho intramolecular Hbond substituents is 1. The van der Waals surface area contributed by atoms with Gasteiger partial charge in [-0.3, -0.25) is 0 Å². The Hall–Kier alpha value is -3.62.